The van der Waals surface area contributed by atoms with Crippen LogP contribution in [0.15, 0.2) is 25.2 Å². The Hall–Kier alpha value is -1.05. The minimum Gasteiger partial charge on any atom is -0.463 e. The predicted molar refractivity (Wildman–Crippen MR) is 40.3 cm³/mol. The average Bonchev–Trinajstić information content (AvgIpc) is 1.89. The maximum absolute atomic E-state index is 10.9. The van der Waals surface area contributed by atoms with Gasteiger partial charge in [-0.1, -0.05) is 20.1 Å². The molecule has 2 heteroatoms. The van der Waals surface area contributed by atoms with E-state index < -0.39 is 0 Å². The first-order valence-electron chi connectivity index (χ1n) is 3.22. The summed E-state index contributed by atoms with van der Waals surface area (Å²) < 4.78 is 4.68. The lowest BCUT2D eigenvalue weighted by Gasteiger charge is -1.99. The van der Waals surface area contributed by atoms with E-state index in [1.165, 1.54) is 6.26 Å². The third-order valence-corrected chi connectivity index (χ3v) is 1.01. The van der Waals surface area contributed by atoms with Gasteiger partial charge in [-0.3, -0.25) is 4.79 Å². The minimum atomic E-state index is -0.0533. The normalized spacial score (nSPS) is 8.50. The van der Waals surface area contributed by atoms with Gasteiger partial charge in [0.05, 0.1) is 6.26 Å². The van der Waals surface area contributed by atoms with Crippen molar-refractivity contribution in [2.75, 3.05) is 0 Å². The molecule has 0 spiro atoms. The van der Waals surface area contributed by atoms with Gasteiger partial charge in [0.1, 0.15) is 0 Å². The number of carbonyl (C=O) groups is 1. The molecular weight excluding hydrogens is 128 g/mol. The molecule has 0 saturated heterocycles. The molecule has 2 nitrogen and oxygen atoms in total. The van der Waals surface area contributed by atoms with E-state index in [0.29, 0.717) is 6.42 Å². The van der Waals surface area contributed by atoms with Crippen LogP contribution in [0.3, 0.4) is 0 Å². The van der Waals surface area contributed by atoms with Crippen LogP contribution in [0.4, 0.5) is 0 Å². The van der Waals surface area contributed by atoms with Crippen LogP contribution in [0.5, 0.6) is 0 Å². The molecular formula is C8H12O2. The van der Waals surface area contributed by atoms with Crippen LogP contribution < -0.4 is 0 Å². The van der Waals surface area contributed by atoms with Crippen molar-refractivity contribution in [2.24, 2.45) is 0 Å². The molecule has 0 unspecified atom stereocenters. The zero-order valence-corrected chi connectivity index (χ0v) is 6.22. The van der Waals surface area contributed by atoms with Gasteiger partial charge >= 0.3 is 0 Å². The van der Waals surface area contributed by atoms with Crippen molar-refractivity contribution in [3.63, 3.8) is 0 Å². The highest BCUT2D eigenvalue weighted by Gasteiger charge is 2.04. The van der Waals surface area contributed by atoms with Gasteiger partial charge in [0.15, 0.2) is 11.5 Å². The molecule has 10 heavy (non-hydrogen) atoms. The molecule has 0 aromatic heterocycles. The molecule has 0 fully saturated rings. The van der Waals surface area contributed by atoms with Gasteiger partial charge in [-0.25, -0.2) is 0 Å². The van der Waals surface area contributed by atoms with Gasteiger partial charge in [0.25, 0.3) is 0 Å². The Morgan fingerprint density at radius 3 is 2.70 bits per heavy atom. The van der Waals surface area contributed by atoms with Crippen molar-refractivity contribution < 1.29 is 9.53 Å². The Balaban J connectivity index is 3.70. The van der Waals surface area contributed by atoms with E-state index in [0.717, 1.165) is 6.42 Å². The molecule has 0 aromatic carbocycles. The zero-order valence-electron chi connectivity index (χ0n) is 6.22. The van der Waals surface area contributed by atoms with Crippen LogP contribution in [0.2, 0.25) is 0 Å². The number of Topliss-reactive ketones (excluding diaryl/α,β-unsaturated/α-hetero) is 1. The summed E-state index contributed by atoms with van der Waals surface area (Å²) in [4.78, 5) is 10.9. The van der Waals surface area contributed by atoms with Gasteiger partial charge in [-0.05, 0) is 6.42 Å². The molecule has 0 aliphatic heterocycles. The summed E-state index contributed by atoms with van der Waals surface area (Å²) in [6.07, 6.45) is 2.51. The Morgan fingerprint density at radius 1 is 1.70 bits per heavy atom. The molecule has 0 radical (unpaired) electrons. The second-order valence-electron chi connectivity index (χ2n) is 1.88. The first-order valence-corrected chi connectivity index (χ1v) is 3.22. The monoisotopic (exact) mass is 140 g/mol. The van der Waals surface area contributed by atoms with Crippen LogP contribution in [-0.2, 0) is 9.53 Å². The molecule has 0 atom stereocenters. The molecule has 0 aliphatic rings. The average molecular weight is 140 g/mol. The van der Waals surface area contributed by atoms with E-state index in [9.17, 15) is 4.79 Å². The fourth-order valence-electron chi connectivity index (χ4n) is 0.533. The second-order valence-corrected chi connectivity index (χ2v) is 1.88. The van der Waals surface area contributed by atoms with E-state index in [4.69, 9.17) is 0 Å². The van der Waals surface area contributed by atoms with Gasteiger partial charge < -0.3 is 4.74 Å². The Labute approximate surface area is 61.2 Å². The van der Waals surface area contributed by atoms with Gasteiger partial charge in [0.2, 0.25) is 0 Å². The van der Waals surface area contributed by atoms with E-state index >= 15 is 0 Å². The molecule has 0 amide bonds. The van der Waals surface area contributed by atoms with Crippen molar-refractivity contribution in [2.45, 2.75) is 19.8 Å². The quantitative estimate of drug-likeness (QED) is 0.431. The number of hydrogen-bond acceptors (Lipinski definition) is 2. The number of ether oxygens (including phenoxy) is 1. The molecule has 0 N–H and O–H groups in total. The highest BCUT2D eigenvalue weighted by atomic mass is 16.5. The molecule has 0 bridgehead atoms. The van der Waals surface area contributed by atoms with Crippen molar-refractivity contribution in [1.82, 2.24) is 0 Å². The molecule has 0 aromatic rings. The largest absolute Gasteiger partial charge is 0.463 e. The SMILES string of the molecule is C=COC(=C)C(=O)CCC. The summed E-state index contributed by atoms with van der Waals surface area (Å²) in [6, 6.07) is 0. The Bertz CT molecular complexity index is 147. The smallest absolute Gasteiger partial charge is 0.197 e. The number of allylic oxidation sites excluding steroid dienone is 1. The predicted octanol–water partition coefficient (Wildman–Crippen LogP) is 2.03. The van der Waals surface area contributed by atoms with Crippen LogP contribution in [0.25, 0.3) is 0 Å². The van der Waals surface area contributed by atoms with Crippen LogP contribution in [0, 0.1) is 0 Å². The lowest BCUT2D eigenvalue weighted by atomic mass is 10.2. The Kier molecular flexibility index (Phi) is 4.29. The van der Waals surface area contributed by atoms with Crippen LogP contribution in [-0.4, -0.2) is 5.78 Å². The van der Waals surface area contributed by atoms with E-state index in [1.54, 1.807) is 0 Å². The maximum atomic E-state index is 10.9. The molecule has 0 heterocycles. The van der Waals surface area contributed by atoms with Gasteiger partial charge in [0, 0.05) is 6.42 Å². The summed E-state index contributed by atoms with van der Waals surface area (Å²) >= 11 is 0. The van der Waals surface area contributed by atoms with Crippen molar-refractivity contribution in [3.05, 3.63) is 25.2 Å². The maximum Gasteiger partial charge on any atom is 0.197 e. The number of rotatable bonds is 5. The summed E-state index contributed by atoms with van der Waals surface area (Å²) in [7, 11) is 0. The van der Waals surface area contributed by atoms with Crippen molar-refractivity contribution in [1.29, 1.82) is 0 Å². The summed E-state index contributed by atoms with van der Waals surface area (Å²) in [5, 5.41) is 0. The lowest BCUT2D eigenvalue weighted by molar-refractivity contribution is -0.118. The van der Waals surface area contributed by atoms with E-state index in [1.807, 2.05) is 6.92 Å². The fourth-order valence-corrected chi connectivity index (χ4v) is 0.533. The Morgan fingerprint density at radius 2 is 2.30 bits per heavy atom. The fraction of sp³-hybridized carbons (Fsp3) is 0.375. The summed E-state index contributed by atoms with van der Waals surface area (Å²) in [5.41, 5.74) is 0. The van der Waals surface area contributed by atoms with Crippen molar-refractivity contribution >= 4 is 5.78 Å². The third kappa shape index (κ3) is 3.07. The lowest BCUT2D eigenvalue weighted by Crippen LogP contribution is -2.01. The van der Waals surface area contributed by atoms with Crippen molar-refractivity contribution in [3.8, 4) is 0 Å². The molecule has 56 valence electrons. The number of ketones is 1. The first kappa shape index (κ1) is 8.95. The number of hydrogen-bond donors (Lipinski definition) is 0. The third-order valence-electron chi connectivity index (χ3n) is 1.01. The van der Waals surface area contributed by atoms with Gasteiger partial charge in [-0.15, -0.1) is 0 Å². The van der Waals surface area contributed by atoms with E-state index in [2.05, 4.69) is 17.9 Å². The van der Waals surface area contributed by atoms with Crippen LogP contribution in [0.1, 0.15) is 19.8 Å². The highest BCUT2D eigenvalue weighted by molar-refractivity contribution is 5.92. The first-order chi connectivity index (χ1) is 4.72. The highest BCUT2D eigenvalue weighted by Crippen LogP contribution is 2.01. The number of carbonyl (C=O) groups excluding carboxylic acids is 1. The van der Waals surface area contributed by atoms with Gasteiger partial charge in [-0.2, -0.15) is 0 Å². The van der Waals surface area contributed by atoms with E-state index in [-0.39, 0.29) is 11.5 Å². The second kappa shape index (κ2) is 4.79. The minimum absolute atomic E-state index is 0.0533. The standard InChI is InChI=1S/C8H12O2/c1-4-6-8(9)7(3)10-5-2/h5H,2-4,6H2,1H3. The molecule has 0 aliphatic carbocycles. The molecule has 0 saturated carbocycles. The zero-order chi connectivity index (χ0) is 7.98. The topological polar surface area (TPSA) is 26.3 Å². The van der Waals surface area contributed by atoms with Crippen LogP contribution >= 0.6 is 0 Å². The summed E-state index contributed by atoms with van der Waals surface area (Å²) in [6.45, 7) is 8.66. The summed E-state index contributed by atoms with van der Waals surface area (Å²) in [5.74, 6) is 0.124. The molecule has 0 rings (SSSR count).